The minimum atomic E-state index is -0.897. The minimum Gasteiger partial charge on any atom is -0.465 e. The third-order valence-corrected chi connectivity index (χ3v) is 4.25. The van der Waals surface area contributed by atoms with Gasteiger partial charge in [-0.1, -0.05) is 0 Å². The minimum absolute atomic E-state index is 0.321. The van der Waals surface area contributed by atoms with Gasteiger partial charge in [0.25, 0.3) is 0 Å². The zero-order valence-corrected chi connectivity index (χ0v) is 12.3. The van der Waals surface area contributed by atoms with Crippen molar-refractivity contribution >= 4 is 28.5 Å². The molecular formula is C16H15FN4O2. The first-order chi connectivity index (χ1) is 11.1. The van der Waals surface area contributed by atoms with Crippen LogP contribution in [0.4, 0.5) is 15.0 Å². The van der Waals surface area contributed by atoms with Gasteiger partial charge in [-0.15, -0.1) is 0 Å². The van der Waals surface area contributed by atoms with Gasteiger partial charge in [-0.05, 0) is 24.3 Å². The number of carboxylic acid groups (broad SMARTS) is 1. The van der Waals surface area contributed by atoms with Crippen LogP contribution in [0.5, 0.6) is 0 Å². The summed E-state index contributed by atoms with van der Waals surface area (Å²) in [7, 11) is 0. The number of carbonyl (C=O) groups is 1. The van der Waals surface area contributed by atoms with Crippen LogP contribution in [-0.4, -0.2) is 51.7 Å². The fourth-order valence-electron chi connectivity index (χ4n) is 3.08. The second-order valence-electron chi connectivity index (χ2n) is 5.59. The van der Waals surface area contributed by atoms with Crippen molar-refractivity contribution in [3.05, 3.63) is 42.3 Å². The molecule has 0 bridgehead atoms. The Morgan fingerprint density at radius 1 is 1.13 bits per heavy atom. The molecule has 23 heavy (non-hydrogen) atoms. The number of hydrogen-bond acceptors (Lipinski definition) is 3. The van der Waals surface area contributed by atoms with E-state index in [0.717, 1.165) is 16.9 Å². The van der Waals surface area contributed by atoms with Crippen molar-refractivity contribution in [2.24, 2.45) is 0 Å². The monoisotopic (exact) mass is 314 g/mol. The zero-order valence-electron chi connectivity index (χ0n) is 12.3. The van der Waals surface area contributed by atoms with Crippen LogP contribution >= 0.6 is 0 Å². The standard InChI is InChI=1S/C16H15FN4O2/c17-11-3-4-13-12(10-11)18-15(14-2-1-5-21(13)14)19-6-8-20(9-7-19)16(22)23/h1-5,10H,6-9H2,(H,22,23). The molecule has 0 radical (unpaired) electrons. The van der Waals surface area contributed by atoms with Crippen molar-refractivity contribution in [3.8, 4) is 0 Å². The van der Waals surface area contributed by atoms with Gasteiger partial charge >= 0.3 is 6.09 Å². The number of benzene rings is 1. The fraction of sp³-hybridized carbons (Fsp3) is 0.250. The van der Waals surface area contributed by atoms with Crippen LogP contribution in [0.3, 0.4) is 0 Å². The van der Waals surface area contributed by atoms with E-state index < -0.39 is 6.09 Å². The first kappa shape index (κ1) is 13.8. The van der Waals surface area contributed by atoms with Crippen molar-refractivity contribution in [2.45, 2.75) is 0 Å². The quantitative estimate of drug-likeness (QED) is 0.749. The van der Waals surface area contributed by atoms with Crippen LogP contribution in [0.25, 0.3) is 16.6 Å². The van der Waals surface area contributed by atoms with Crippen LogP contribution in [0.15, 0.2) is 36.5 Å². The topological polar surface area (TPSA) is 61.1 Å². The Balaban J connectivity index is 1.79. The van der Waals surface area contributed by atoms with E-state index >= 15 is 0 Å². The van der Waals surface area contributed by atoms with Gasteiger partial charge in [0.1, 0.15) is 5.82 Å². The fourth-order valence-corrected chi connectivity index (χ4v) is 3.08. The van der Waals surface area contributed by atoms with Gasteiger partial charge < -0.3 is 19.3 Å². The summed E-state index contributed by atoms with van der Waals surface area (Å²) in [5.41, 5.74) is 2.37. The number of fused-ring (bicyclic) bond motifs is 3. The number of hydrogen-bond donors (Lipinski definition) is 1. The van der Waals surface area contributed by atoms with E-state index in [1.807, 2.05) is 22.7 Å². The van der Waals surface area contributed by atoms with Gasteiger partial charge in [-0.25, -0.2) is 14.2 Å². The maximum atomic E-state index is 13.5. The molecule has 1 fully saturated rings. The van der Waals surface area contributed by atoms with Crippen molar-refractivity contribution in [2.75, 3.05) is 31.1 Å². The smallest absolute Gasteiger partial charge is 0.407 e. The zero-order chi connectivity index (χ0) is 16.0. The molecule has 0 unspecified atom stereocenters. The van der Waals surface area contributed by atoms with Crippen molar-refractivity contribution in [3.63, 3.8) is 0 Å². The van der Waals surface area contributed by atoms with Crippen LogP contribution < -0.4 is 4.90 Å². The third kappa shape index (κ3) is 2.25. The molecule has 1 aromatic carbocycles. The van der Waals surface area contributed by atoms with Crippen molar-refractivity contribution in [1.82, 2.24) is 14.3 Å². The van der Waals surface area contributed by atoms with E-state index in [0.29, 0.717) is 31.7 Å². The molecule has 2 aromatic heterocycles. The highest BCUT2D eigenvalue weighted by Crippen LogP contribution is 2.26. The molecule has 0 spiro atoms. The molecular weight excluding hydrogens is 299 g/mol. The maximum absolute atomic E-state index is 13.5. The van der Waals surface area contributed by atoms with Gasteiger partial charge in [-0.2, -0.15) is 0 Å². The molecule has 1 N–H and O–H groups in total. The molecule has 118 valence electrons. The molecule has 1 saturated heterocycles. The van der Waals surface area contributed by atoms with Gasteiger partial charge in [-0.3, -0.25) is 0 Å². The molecule has 6 nitrogen and oxygen atoms in total. The van der Waals surface area contributed by atoms with Gasteiger partial charge in [0.2, 0.25) is 0 Å². The molecule has 1 amide bonds. The molecule has 0 aliphatic carbocycles. The van der Waals surface area contributed by atoms with Crippen LogP contribution in [0.2, 0.25) is 0 Å². The Bertz CT molecular complexity index is 900. The second-order valence-corrected chi connectivity index (χ2v) is 5.59. The van der Waals surface area contributed by atoms with E-state index in [1.54, 1.807) is 6.07 Å². The van der Waals surface area contributed by atoms with E-state index in [1.165, 1.54) is 17.0 Å². The first-order valence-electron chi connectivity index (χ1n) is 7.42. The summed E-state index contributed by atoms with van der Waals surface area (Å²) in [4.78, 5) is 19.1. The van der Waals surface area contributed by atoms with Gasteiger partial charge in [0, 0.05) is 38.4 Å². The number of halogens is 1. The van der Waals surface area contributed by atoms with Gasteiger partial charge in [0.15, 0.2) is 5.82 Å². The summed E-state index contributed by atoms with van der Waals surface area (Å²) in [6.07, 6.45) is 1.03. The number of amides is 1. The number of nitrogens with zero attached hydrogens (tertiary/aromatic N) is 4. The predicted octanol–water partition coefficient (Wildman–Crippen LogP) is 2.43. The number of aromatic nitrogens is 2. The summed E-state index contributed by atoms with van der Waals surface area (Å²) in [5.74, 6) is 0.441. The highest BCUT2D eigenvalue weighted by molar-refractivity contribution is 5.85. The Hall–Kier alpha value is -2.83. The Labute approximate surface area is 131 Å². The Kier molecular flexibility index (Phi) is 3.07. The molecule has 0 atom stereocenters. The lowest BCUT2D eigenvalue weighted by atomic mass is 10.2. The molecule has 1 aliphatic rings. The van der Waals surface area contributed by atoms with Gasteiger partial charge in [0.05, 0.1) is 16.6 Å². The maximum Gasteiger partial charge on any atom is 0.407 e. The average molecular weight is 314 g/mol. The molecule has 0 saturated carbocycles. The summed E-state index contributed by atoms with van der Waals surface area (Å²) in [5, 5.41) is 9.05. The molecule has 4 rings (SSSR count). The van der Waals surface area contributed by atoms with E-state index in [9.17, 15) is 9.18 Å². The van der Waals surface area contributed by atoms with E-state index in [2.05, 4.69) is 9.88 Å². The normalized spacial score (nSPS) is 15.5. The molecule has 1 aliphatic heterocycles. The first-order valence-corrected chi connectivity index (χ1v) is 7.42. The average Bonchev–Trinajstić information content (AvgIpc) is 3.03. The second kappa shape index (κ2) is 5.12. The van der Waals surface area contributed by atoms with Crippen molar-refractivity contribution < 1.29 is 14.3 Å². The highest BCUT2D eigenvalue weighted by atomic mass is 19.1. The van der Waals surface area contributed by atoms with Crippen molar-refractivity contribution in [1.29, 1.82) is 0 Å². The van der Waals surface area contributed by atoms with E-state index in [-0.39, 0.29) is 5.82 Å². The van der Waals surface area contributed by atoms with Crippen LogP contribution in [-0.2, 0) is 0 Å². The molecule has 3 aromatic rings. The Morgan fingerprint density at radius 2 is 1.91 bits per heavy atom. The Morgan fingerprint density at radius 3 is 2.65 bits per heavy atom. The van der Waals surface area contributed by atoms with Crippen LogP contribution in [0.1, 0.15) is 0 Å². The number of anilines is 1. The van der Waals surface area contributed by atoms with E-state index in [4.69, 9.17) is 5.11 Å². The lowest BCUT2D eigenvalue weighted by molar-refractivity contribution is 0.142. The summed E-state index contributed by atoms with van der Waals surface area (Å²) < 4.78 is 15.5. The number of rotatable bonds is 1. The summed E-state index contributed by atoms with van der Waals surface area (Å²) >= 11 is 0. The lowest BCUT2D eigenvalue weighted by Gasteiger charge is -2.34. The SMILES string of the molecule is O=C(O)N1CCN(c2nc3cc(F)ccc3n3cccc23)CC1. The highest BCUT2D eigenvalue weighted by Gasteiger charge is 2.23. The summed E-state index contributed by atoms with van der Waals surface area (Å²) in [6.45, 7) is 2.01. The third-order valence-electron chi connectivity index (χ3n) is 4.25. The van der Waals surface area contributed by atoms with Crippen LogP contribution in [0, 0.1) is 5.82 Å². The largest absolute Gasteiger partial charge is 0.465 e. The molecule has 7 heteroatoms. The number of piperazine rings is 1. The lowest BCUT2D eigenvalue weighted by Crippen LogP contribution is -2.48. The summed E-state index contributed by atoms with van der Waals surface area (Å²) in [6, 6.07) is 8.46. The predicted molar refractivity (Wildman–Crippen MR) is 84.5 cm³/mol. The molecule has 3 heterocycles.